The third-order valence-corrected chi connectivity index (χ3v) is 6.73. The molecule has 2 aliphatic heterocycles. The number of rotatable bonds is 4. The number of sulfone groups is 1. The van der Waals surface area contributed by atoms with E-state index in [1.807, 2.05) is 35.2 Å². The fourth-order valence-electron chi connectivity index (χ4n) is 3.60. The predicted molar refractivity (Wildman–Crippen MR) is 110 cm³/mol. The molecule has 1 unspecified atom stereocenters. The van der Waals surface area contributed by atoms with Crippen LogP contribution in [0.5, 0.6) is 11.5 Å². The summed E-state index contributed by atoms with van der Waals surface area (Å²) in [6, 6.07) is 14.2. The fourth-order valence-corrected chi connectivity index (χ4v) is 4.83. The highest BCUT2D eigenvalue weighted by Crippen LogP contribution is 2.33. The van der Waals surface area contributed by atoms with E-state index >= 15 is 0 Å². The summed E-state index contributed by atoms with van der Waals surface area (Å²) >= 11 is 0. The number of ether oxygens (including phenoxy) is 2. The van der Waals surface area contributed by atoms with Gasteiger partial charge in [-0.3, -0.25) is 9.69 Å². The van der Waals surface area contributed by atoms with Gasteiger partial charge in [0, 0.05) is 31.3 Å². The summed E-state index contributed by atoms with van der Waals surface area (Å²) in [6.45, 7) is 1.83. The van der Waals surface area contributed by atoms with Crippen molar-refractivity contribution >= 4 is 21.4 Å². The summed E-state index contributed by atoms with van der Waals surface area (Å²) in [4.78, 5) is 15.2. The summed E-state index contributed by atoms with van der Waals surface area (Å²) in [5, 5.41) is 2.96. The Hall–Kier alpha value is -2.58. The lowest BCUT2D eigenvalue weighted by Gasteiger charge is -2.33. The fraction of sp³-hybridized carbons (Fsp3) is 0.381. The first-order valence-electron chi connectivity index (χ1n) is 9.72. The minimum Gasteiger partial charge on any atom is -0.490 e. The number of carbonyl (C=O) groups is 1. The lowest BCUT2D eigenvalue weighted by molar-refractivity contribution is -0.121. The van der Waals surface area contributed by atoms with Gasteiger partial charge in [0.2, 0.25) is 5.91 Å². The first-order valence-corrected chi connectivity index (χ1v) is 11.5. The first kappa shape index (κ1) is 19.7. The second kappa shape index (κ2) is 8.42. The number of amides is 1. The average molecular weight is 416 g/mol. The van der Waals surface area contributed by atoms with E-state index < -0.39 is 15.9 Å². The smallest absolute Gasteiger partial charge is 0.246 e. The zero-order chi connectivity index (χ0) is 20.3. The molecule has 2 aromatic carbocycles. The quantitative estimate of drug-likeness (QED) is 0.823. The number of nitrogens with one attached hydrogen (secondary N) is 1. The highest BCUT2D eigenvalue weighted by molar-refractivity contribution is 7.91. The van der Waals surface area contributed by atoms with Gasteiger partial charge in [0.1, 0.15) is 6.04 Å². The highest BCUT2D eigenvalue weighted by Gasteiger charge is 2.32. The zero-order valence-electron chi connectivity index (χ0n) is 16.0. The van der Waals surface area contributed by atoms with Crippen molar-refractivity contribution in [2.24, 2.45) is 0 Å². The molecule has 0 radical (unpaired) electrons. The van der Waals surface area contributed by atoms with E-state index in [4.69, 9.17) is 9.47 Å². The Kier molecular flexibility index (Phi) is 5.73. The maximum atomic E-state index is 13.2. The molecule has 154 valence electrons. The minimum atomic E-state index is -3.03. The third-order valence-electron chi connectivity index (χ3n) is 5.12. The van der Waals surface area contributed by atoms with Crippen LogP contribution < -0.4 is 14.8 Å². The van der Waals surface area contributed by atoms with Crippen molar-refractivity contribution < 1.29 is 22.7 Å². The lowest BCUT2D eigenvalue weighted by atomic mass is 10.0. The largest absolute Gasteiger partial charge is 0.490 e. The molecule has 2 heterocycles. The van der Waals surface area contributed by atoms with Crippen molar-refractivity contribution in [1.29, 1.82) is 0 Å². The normalized spacial score (nSPS) is 19.7. The summed E-state index contributed by atoms with van der Waals surface area (Å²) in [6.07, 6.45) is 0.810. The molecule has 1 N–H and O–H groups in total. The van der Waals surface area contributed by atoms with Crippen molar-refractivity contribution in [1.82, 2.24) is 4.90 Å². The molecular weight excluding hydrogens is 392 g/mol. The number of anilines is 1. The van der Waals surface area contributed by atoms with Crippen LogP contribution in [0.1, 0.15) is 18.0 Å². The number of benzene rings is 2. The number of hydrogen-bond acceptors (Lipinski definition) is 6. The van der Waals surface area contributed by atoms with Crippen LogP contribution in [0, 0.1) is 0 Å². The summed E-state index contributed by atoms with van der Waals surface area (Å²) in [7, 11) is -3.03. The standard InChI is InChI=1S/C21H24N2O5S/c24-21(22-17-7-8-18-19(15-17)28-12-4-11-27-18)20(16-5-2-1-3-6-16)23-9-13-29(25,26)14-10-23/h1-3,5-8,15,20H,4,9-14H2,(H,22,24). The molecular formula is C21H24N2O5S. The Morgan fingerprint density at radius 2 is 1.66 bits per heavy atom. The van der Waals surface area contributed by atoms with E-state index in [1.54, 1.807) is 18.2 Å². The van der Waals surface area contributed by atoms with E-state index in [9.17, 15) is 13.2 Å². The molecule has 1 amide bonds. The number of nitrogens with zero attached hydrogens (tertiary/aromatic N) is 1. The molecule has 7 nitrogen and oxygen atoms in total. The topological polar surface area (TPSA) is 84.9 Å². The Balaban J connectivity index is 1.56. The monoisotopic (exact) mass is 416 g/mol. The molecule has 0 bridgehead atoms. The Morgan fingerprint density at radius 3 is 2.38 bits per heavy atom. The minimum absolute atomic E-state index is 0.0631. The van der Waals surface area contributed by atoms with Crippen molar-refractivity contribution in [3.63, 3.8) is 0 Å². The molecule has 1 saturated heterocycles. The molecule has 2 aliphatic rings. The highest BCUT2D eigenvalue weighted by atomic mass is 32.2. The van der Waals surface area contributed by atoms with Crippen LogP contribution in [0.4, 0.5) is 5.69 Å². The van der Waals surface area contributed by atoms with E-state index in [0.29, 0.717) is 43.5 Å². The molecule has 29 heavy (non-hydrogen) atoms. The molecule has 0 spiro atoms. The zero-order valence-corrected chi connectivity index (χ0v) is 16.9. The molecule has 2 aromatic rings. The van der Waals surface area contributed by atoms with E-state index in [1.165, 1.54) is 0 Å². The van der Waals surface area contributed by atoms with Crippen LogP contribution in [-0.4, -0.2) is 57.0 Å². The van der Waals surface area contributed by atoms with Gasteiger partial charge in [0.25, 0.3) is 0 Å². The second-order valence-corrected chi connectivity index (χ2v) is 9.51. The van der Waals surface area contributed by atoms with Gasteiger partial charge in [-0.15, -0.1) is 0 Å². The van der Waals surface area contributed by atoms with Gasteiger partial charge >= 0.3 is 0 Å². The number of fused-ring (bicyclic) bond motifs is 1. The van der Waals surface area contributed by atoms with Crippen molar-refractivity contribution in [3.05, 3.63) is 54.1 Å². The Bertz CT molecular complexity index is 964. The first-order chi connectivity index (χ1) is 14.0. The van der Waals surface area contributed by atoms with Gasteiger partial charge in [0.05, 0.1) is 24.7 Å². The van der Waals surface area contributed by atoms with Gasteiger partial charge in [0.15, 0.2) is 21.3 Å². The van der Waals surface area contributed by atoms with Crippen molar-refractivity contribution in [3.8, 4) is 11.5 Å². The van der Waals surface area contributed by atoms with Gasteiger partial charge in [-0.1, -0.05) is 30.3 Å². The summed E-state index contributed by atoms with van der Waals surface area (Å²) in [5.41, 5.74) is 1.45. The predicted octanol–water partition coefficient (Wildman–Crippen LogP) is 2.26. The Morgan fingerprint density at radius 1 is 0.966 bits per heavy atom. The number of carbonyl (C=O) groups excluding carboxylic acids is 1. The van der Waals surface area contributed by atoms with Crippen molar-refractivity contribution in [2.45, 2.75) is 12.5 Å². The number of hydrogen-bond donors (Lipinski definition) is 1. The SMILES string of the molecule is O=C(Nc1ccc2c(c1)OCCCO2)C(c1ccccc1)N1CCS(=O)(=O)CC1. The maximum Gasteiger partial charge on any atom is 0.246 e. The lowest BCUT2D eigenvalue weighted by Crippen LogP contribution is -2.46. The van der Waals surface area contributed by atoms with Crippen LogP contribution in [0.25, 0.3) is 0 Å². The van der Waals surface area contributed by atoms with Gasteiger partial charge in [-0.05, 0) is 17.7 Å². The summed E-state index contributed by atoms with van der Waals surface area (Å²) < 4.78 is 35.0. The molecule has 0 aliphatic carbocycles. The average Bonchev–Trinajstić information content (AvgIpc) is 2.95. The molecule has 1 fully saturated rings. The van der Waals surface area contributed by atoms with Crippen LogP contribution >= 0.6 is 0 Å². The van der Waals surface area contributed by atoms with Gasteiger partial charge in [-0.2, -0.15) is 0 Å². The van der Waals surface area contributed by atoms with Crippen LogP contribution in [0.15, 0.2) is 48.5 Å². The van der Waals surface area contributed by atoms with Crippen molar-refractivity contribution in [2.75, 3.05) is 43.1 Å². The van der Waals surface area contributed by atoms with E-state index in [-0.39, 0.29) is 17.4 Å². The van der Waals surface area contributed by atoms with Gasteiger partial charge < -0.3 is 14.8 Å². The summed E-state index contributed by atoms with van der Waals surface area (Å²) in [5.74, 6) is 1.20. The Labute approximate surface area is 170 Å². The molecule has 8 heteroatoms. The third kappa shape index (κ3) is 4.71. The van der Waals surface area contributed by atoms with E-state index in [2.05, 4.69) is 5.32 Å². The van der Waals surface area contributed by atoms with Crippen LogP contribution in [0.2, 0.25) is 0 Å². The molecule has 4 rings (SSSR count). The van der Waals surface area contributed by atoms with E-state index in [0.717, 1.165) is 12.0 Å². The van der Waals surface area contributed by atoms with Crippen LogP contribution in [0.3, 0.4) is 0 Å². The molecule has 0 aromatic heterocycles. The second-order valence-electron chi connectivity index (χ2n) is 7.20. The molecule has 1 atom stereocenters. The van der Waals surface area contributed by atoms with Gasteiger partial charge in [-0.25, -0.2) is 8.42 Å². The maximum absolute atomic E-state index is 13.2. The molecule has 0 saturated carbocycles. The van der Waals surface area contributed by atoms with Crippen LogP contribution in [-0.2, 0) is 14.6 Å².